The van der Waals surface area contributed by atoms with Crippen LogP contribution in [-0.4, -0.2) is 23.5 Å². The Bertz CT molecular complexity index is 452. The van der Waals surface area contributed by atoms with Gasteiger partial charge in [-0.2, -0.15) is 0 Å². The summed E-state index contributed by atoms with van der Waals surface area (Å²) in [5, 5.41) is 12.5. The highest BCUT2D eigenvalue weighted by molar-refractivity contribution is 6.30. The molecule has 1 aromatic carbocycles. The van der Waals surface area contributed by atoms with Crippen LogP contribution in [0.15, 0.2) is 24.3 Å². The Morgan fingerprint density at radius 3 is 2.16 bits per heavy atom. The third-order valence-corrected chi connectivity index (χ3v) is 3.75. The molecule has 0 aliphatic heterocycles. The van der Waals surface area contributed by atoms with Crippen LogP contribution in [0.1, 0.15) is 37.0 Å². The molecule has 0 saturated heterocycles. The molecule has 0 fully saturated rings. The van der Waals surface area contributed by atoms with E-state index in [1.165, 1.54) is 0 Å². The van der Waals surface area contributed by atoms with Crippen LogP contribution in [0.25, 0.3) is 0 Å². The van der Waals surface area contributed by atoms with Crippen LogP contribution >= 0.6 is 11.6 Å². The number of nitrogens with one attached hydrogen (secondary N) is 1. The zero-order chi connectivity index (χ0) is 14.5. The quantitative estimate of drug-likeness (QED) is 0.843. The third kappa shape index (κ3) is 3.70. The first kappa shape index (κ1) is 15.5. The molecule has 0 spiro atoms. The minimum atomic E-state index is -0.901. The number of carboxylic acids is 1. The average Bonchev–Trinajstić information content (AvgIpc) is 2.40. The number of carboxylic acid groups (broad SMARTS) is 1. The third-order valence-electron chi connectivity index (χ3n) is 3.50. The topological polar surface area (TPSA) is 66.4 Å². The first-order valence-electron chi connectivity index (χ1n) is 6.22. The van der Waals surface area contributed by atoms with Gasteiger partial charge in [0.2, 0.25) is 0 Å². The Hall–Kier alpha value is -1.55. The molecule has 104 valence electrons. The number of amides is 1. The molecular formula is C14H18ClNO3. The molecule has 1 aromatic rings. The van der Waals surface area contributed by atoms with Gasteiger partial charge < -0.3 is 10.4 Å². The van der Waals surface area contributed by atoms with E-state index in [1.54, 1.807) is 24.3 Å². The molecule has 19 heavy (non-hydrogen) atoms. The second-order valence-electron chi connectivity index (χ2n) is 4.48. The van der Waals surface area contributed by atoms with Gasteiger partial charge in [-0.05, 0) is 37.1 Å². The fraction of sp³-hybridized carbons (Fsp3) is 0.429. The number of carbonyl (C=O) groups is 2. The minimum absolute atomic E-state index is 0.122. The van der Waals surface area contributed by atoms with Crippen LogP contribution in [0.5, 0.6) is 0 Å². The van der Waals surface area contributed by atoms with Gasteiger partial charge in [0, 0.05) is 17.1 Å². The predicted octanol–water partition coefficient (Wildman–Crippen LogP) is 2.96. The molecule has 0 bridgehead atoms. The van der Waals surface area contributed by atoms with E-state index in [0.717, 1.165) is 0 Å². The number of hydrogen-bond donors (Lipinski definition) is 2. The molecule has 0 aromatic heterocycles. The number of aliphatic carboxylic acids is 1. The smallest absolute Gasteiger partial charge is 0.311 e. The van der Waals surface area contributed by atoms with Crippen LogP contribution in [0, 0.1) is 5.41 Å². The zero-order valence-corrected chi connectivity index (χ0v) is 11.8. The van der Waals surface area contributed by atoms with Gasteiger partial charge in [0.25, 0.3) is 5.91 Å². The summed E-state index contributed by atoms with van der Waals surface area (Å²) in [5.74, 6) is -1.17. The fourth-order valence-corrected chi connectivity index (χ4v) is 1.96. The molecule has 0 heterocycles. The molecule has 0 saturated carbocycles. The number of benzene rings is 1. The maximum Gasteiger partial charge on any atom is 0.311 e. The van der Waals surface area contributed by atoms with Gasteiger partial charge in [-0.25, -0.2) is 0 Å². The van der Waals surface area contributed by atoms with Crippen LogP contribution < -0.4 is 5.32 Å². The summed E-state index contributed by atoms with van der Waals surface area (Å²) in [6, 6.07) is 6.47. The molecule has 0 aliphatic rings. The molecule has 0 radical (unpaired) electrons. The van der Waals surface area contributed by atoms with Crippen molar-refractivity contribution >= 4 is 23.5 Å². The van der Waals surface area contributed by atoms with E-state index in [9.17, 15) is 14.7 Å². The van der Waals surface area contributed by atoms with E-state index in [4.69, 9.17) is 11.6 Å². The van der Waals surface area contributed by atoms with E-state index in [2.05, 4.69) is 5.32 Å². The second kappa shape index (κ2) is 6.57. The van der Waals surface area contributed by atoms with E-state index in [0.29, 0.717) is 23.4 Å². The van der Waals surface area contributed by atoms with Gasteiger partial charge in [0.15, 0.2) is 0 Å². The summed E-state index contributed by atoms with van der Waals surface area (Å²) in [7, 11) is 0. The lowest BCUT2D eigenvalue weighted by atomic mass is 9.82. The molecule has 0 unspecified atom stereocenters. The van der Waals surface area contributed by atoms with Gasteiger partial charge in [0.1, 0.15) is 0 Å². The van der Waals surface area contributed by atoms with Crippen molar-refractivity contribution in [1.82, 2.24) is 5.32 Å². The van der Waals surface area contributed by atoms with E-state index < -0.39 is 11.4 Å². The number of halogens is 1. The summed E-state index contributed by atoms with van der Waals surface area (Å²) >= 11 is 5.74. The normalized spacial score (nSPS) is 11.1. The maximum absolute atomic E-state index is 11.9. The molecule has 1 amide bonds. The Kier molecular flexibility index (Phi) is 5.36. The largest absolute Gasteiger partial charge is 0.481 e. The SMILES string of the molecule is CCC(CC)(CNC(=O)c1ccc(Cl)cc1)C(=O)O. The van der Waals surface area contributed by atoms with Crippen molar-refractivity contribution in [2.24, 2.45) is 5.41 Å². The Balaban J connectivity index is 2.72. The molecule has 1 rings (SSSR count). The highest BCUT2D eigenvalue weighted by Crippen LogP contribution is 2.25. The predicted molar refractivity (Wildman–Crippen MR) is 74.4 cm³/mol. The van der Waals surface area contributed by atoms with E-state index in [-0.39, 0.29) is 12.5 Å². The highest BCUT2D eigenvalue weighted by Gasteiger charge is 2.35. The Labute approximate surface area is 117 Å². The summed E-state index contributed by atoms with van der Waals surface area (Å²) in [5.41, 5.74) is -0.432. The summed E-state index contributed by atoms with van der Waals surface area (Å²) in [4.78, 5) is 23.2. The van der Waals surface area contributed by atoms with Crippen LogP contribution in [-0.2, 0) is 4.79 Å². The molecular weight excluding hydrogens is 266 g/mol. The Morgan fingerprint density at radius 1 is 1.21 bits per heavy atom. The van der Waals surface area contributed by atoms with E-state index in [1.807, 2.05) is 13.8 Å². The molecule has 4 nitrogen and oxygen atoms in total. The Morgan fingerprint density at radius 2 is 1.74 bits per heavy atom. The standard InChI is InChI=1S/C14H18ClNO3/c1-3-14(4-2,13(18)19)9-16-12(17)10-5-7-11(15)8-6-10/h5-8H,3-4,9H2,1-2H3,(H,16,17)(H,18,19). The van der Waals surface area contributed by atoms with Crippen molar-refractivity contribution in [1.29, 1.82) is 0 Å². The molecule has 0 aliphatic carbocycles. The molecule has 2 N–H and O–H groups in total. The summed E-state index contributed by atoms with van der Waals surface area (Å²) in [6.07, 6.45) is 0.944. The van der Waals surface area contributed by atoms with Gasteiger partial charge in [-0.15, -0.1) is 0 Å². The molecule has 5 heteroatoms. The first-order valence-corrected chi connectivity index (χ1v) is 6.60. The highest BCUT2D eigenvalue weighted by atomic mass is 35.5. The molecule has 0 atom stereocenters. The summed E-state index contributed by atoms with van der Waals surface area (Å²) < 4.78 is 0. The zero-order valence-electron chi connectivity index (χ0n) is 11.1. The van der Waals surface area contributed by atoms with Crippen molar-refractivity contribution in [3.05, 3.63) is 34.9 Å². The fourth-order valence-electron chi connectivity index (χ4n) is 1.83. The monoisotopic (exact) mass is 283 g/mol. The van der Waals surface area contributed by atoms with Crippen LogP contribution in [0.2, 0.25) is 5.02 Å². The van der Waals surface area contributed by atoms with Crippen LogP contribution in [0.4, 0.5) is 0 Å². The second-order valence-corrected chi connectivity index (χ2v) is 4.92. The van der Waals surface area contributed by atoms with Crippen molar-refractivity contribution in [3.8, 4) is 0 Å². The van der Waals surface area contributed by atoms with Crippen LogP contribution in [0.3, 0.4) is 0 Å². The maximum atomic E-state index is 11.9. The lowest BCUT2D eigenvalue weighted by Crippen LogP contribution is -2.42. The number of rotatable bonds is 6. The van der Waals surface area contributed by atoms with Gasteiger partial charge >= 0.3 is 5.97 Å². The lowest BCUT2D eigenvalue weighted by Gasteiger charge is -2.26. The lowest BCUT2D eigenvalue weighted by molar-refractivity contribution is -0.149. The number of carbonyl (C=O) groups excluding carboxylic acids is 1. The van der Waals surface area contributed by atoms with E-state index >= 15 is 0 Å². The summed E-state index contributed by atoms with van der Waals surface area (Å²) in [6.45, 7) is 3.74. The first-order chi connectivity index (χ1) is 8.95. The van der Waals surface area contributed by atoms with Gasteiger partial charge in [-0.3, -0.25) is 9.59 Å². The van der Waals surface area contributed by atoms with Crippen molar-refractivity contribution < 1.29 is 14.7 Å². The van der Waals surface area contributed by atoms with Crippen molar-refractivity contribution in [2.75, 3.05) is 6.54 Å². The van der Waals surface area contributed by atoms with Crippen molar-refractivity contribution in [2.45, 2.75) is 26.7 Å². The number of hydrogen-bond acceptors (Lipinski definition) is 2. The average molecular weight is 284 g/mol. The van der Waals surface area contributed by atoms with Gasteiger partial charge in [-0.1, -0.05) is 25.4 Å². The van der Waals surface area contributed by atoms with Crippen molar-refractivity contribution in [3.63, 3.8) is 0 Å². The minimum Gasteiger partial charge on any atom is -0.481 e. The van der Waals surface area contributed by atoms with Gasteiger partial charge in [0.05, 0.1) is 5.41 Å².